The molecule has 5 nitrogen and oxygen atoms in total. The second-order valence-electron chi connectivity index (χ2n) is 8.78. The summed E-state index contributed by atoms with van der Waals surface area (Å²) in [4.78, 5) is 30.3. The molecule has 0 atom stereocenters. The van der Waals surface area contributed by atoms with Crippen LogP contribution in [0.1, 0.15) is 16.7 Å². The number of hydrogen-bond acceptors (Lipinski definition) is 4. The average Bonchev–Trinajstić information content (AvgIpc) is 2.93. The monoisotopic (exact) mass is 648 g/mol. The van der Waals surface area contributed by atoms with Crippen molar-refractivity contribution in [2.24, 2.45) is 0 Å². The molecule has 0 bridgehead atoms. The second kappa shape index (κ2) is 11.5. The Bertz CT molecular complexity index is 1550. The van der Waals surface area contributed by atoms with Crippen LogP contribution in [0.4, 0.5) is 15.8 Å². The van der Waals surface area contributed by atoms with Gasteiger partial charge in [-0.05, 0) is 101 Å². The Morgan fingerprint density at radius 1 is 0.846 bits per heavy atom. The number of rotatable bonds is 6. The van der Waals surface area contributed by atoms with E-state index in [1.54, 1.807) is 49.6 Å². The van der Waals surface area contributed by atoms with E-state index in [1.807, 2.05) is 48.5 Å². The van der Waals surface area contributed by atoms with Gasteiger partial charge < -0.3 is 4.74 Å². The van der Waals surface area contributed by atoms with Gasteiger partial charge in [0.05, 0.1) is 18.5 Å². The molecule has 0 aromatic heterocycles. The fourth-order valence-electron chi connectivity index (χ4n) is 4.43. The van der Waals surface area contributed by atoms with Gasteiger partial charge in [0.15, 0.2) is 5.11 Å². The quantitative estimate of drug-likeness (QED) is 0.100. The van der Waals surface area contributed by atoms with Crippen LogP contribution < -0.4 is 14.5 Å². The lowest BCUT2D eigenvalue weighted by Gasteiger charge is -2.36. The maximum Gasteiger partial charge on any atom is 0.270 e. The van der Waals surface area contributed by atoms with E-state index in [0.29, 0.717) is 29.1 Å². The van der Waals surface area contributed by atoms with Crippen molar-refractivity contribution in [3.8, 4) is 5.75 Å². The molecule has 4 aromatic rings. The van der Waals surface area contributed by atoms with Gasteiger partial charge in [-0.1, -0.05) is 48.5 Å². The Morgan fingerprint density at radius 3 is 1.97 bits per heavy atom. The summed E-state index contributed by atoms with van der Waals surface area (Å²) in [5, 5.41) is 0.0807. The van der Waals surface area contributed by atoms with Crippen LogP contribution in [0.15, 0.2) is 103 Å². The highest BCUT2D eigenvalue weighted by atomic mass is 127. The Hall–Kier alpha value is -3.89. The maximum absolute atomic E-state index is 13.8. The Morgan fingerprint density at radius 2 is 1.44 bits per heavy atom. The lowest BCUT2D eigenvalue weighted by molar-refractivity contribution is -0.120. The SMILES string of the molecule is COc1cc(C=C2C(=O)N(c3ccccc3)C(=S)N(c3ccccc3)C2=O)cc(I)c1Cc1cccc(F)c1. The van der Waals surface area contributed by atoms with Crippen LogP contribution in [-0.2, 0) is 16.0 Å². The fourth-order valence-corrected chi connectivity index (χ4v) is 5.62. The first-order chi connectivity index (χ1) is 18.9. The first kappa shape index (κ1) is 26.7. The van der Waals surface area contributed by atoms with Crippen molar-refractivity contribution in [2.45, 2.75) is 6.42 Å². The molecular formula is C31H22FIN2O3S. The molecule has 0 spiro atoms. The van der Waals surface area contributed by atoms with Crippen molar-refractivity contribution >= 4 is 69.2 Å². The number of hydrogen-bond donors (Lipinski definition) is 0. The van der Waals surface area contributed by atoms with Crippen molar-refractivity contribution in [2.75, 3.05) is 16.9 Å². The smallest absolute Gasteiger partial charge is 0.270 e. The molecule has 1 saturated heterocycles. The fraction of sp³-hybridized carbons (Fsp3) is 0.0645. The van der Waals surface area contributed by atoms with E-state index in [4.69, 9.17) is 17.0 Å². The highest BCUT2D eigenvalue weighted by Crippen LogP contribution is 2.33. The number of thiocarbonyl (C=S) groups is 1. The van der Waals surface area contributed by atoms with Crippen LogP contribution in [0, 0.1) is 9.39 Å². The van der Waals surface area contributed by atoms with E-state index in [1.165, 1.54) is 21.9 Å². The van der Waals surface area contributed by atoms with E-state index in [0.717, 1.165) is 14.7 Å². The number of nitrogens with zero attached hydrogens (tertiary/aromatic N) is 2. The van der Waals surface area contributed by atoms with Gasteiger partial charge in [-0.3, -0.25) is 19.4 Å². The molecule has 8 heteroatoms. The van der Waals surface area contributed by atoms with Gasteiger partial charge in [-0.2, -0.15) is 0 Å². The molecule has 1 aliphatic heterocycles. The van der Waals surface area contributed by atoms with Crippen LogP contribution in [0.25, 0.3) is 6.08 Å². The van der Waals surface area contributed by atoms with Gasteiger partial charge in [-0.25, -0.2) is 4.39 Å². The number of benzene rings is 4. The third-order valence-electron chi connectivity index (χ3n) is 6.26. The van der Waals surface area contributed by atoms with Gasteiger partial charge in [0.2, 0.25) is 0 Å². The molecule has 1 aliphatic rings. The molecule has 4 aromatic carbocycles. The normalized spacial score (nSPS) is 13.6. The lowest BCUT2D eigenvalue weighted by Crippen LogP contribution is -2.56. The molecule has 1 heterocycles. The molecule has 0 radical (unpaired) electrons. The van der Waals surface area contributed by atoms with Crippen molar-refractivity contribution in [1.82, 2.24) is 0 Å². The van der Waals surface area contributed by atoms with Crippen molar-refractivity contribution in [3.05, 3.63) is 129 Å². The highest BCUT2D eigenvalue weighted by Gasteiger charge is 2.41. The van der Waals surface area contributed by atoms with Crippen LogP contribution in [-0.4, -0.2) is 24.0 Å². The van der Waals surface area contributed by atoms with Crippen LogP contribution in [0.3, 0.4) is 0 Å². The first-order valence-corrected chi connectivity index (χ1v) is 13.5. The summed E-state index contributed by atoms with van der Waals surface area (Å²) in [7, 11) is 1.56. The molecule has 2 amide bonds. The number of para-hydroxylation sites is 2. The van der Waals surface area contributed by atoms with Crippen LogP contribution in [0.2, 0.25) is 0 Å². The Kier molecular flexibility index (Phi) is 7.85. The van der Waals surface area contributed by atoms with E-state index < -0.39 is 11.8 Å². The summed E-state index contributed by atoms with van der Waals surface area (Å²) in [6.45, 7) is 0. The number of carbonyl (C=O) groups is 2. The number of amides is 2. The first-order valence-electron chi connectivity index (χ1n) is 12.0. The van der Waals surface area contributed by atoms with E-state index in [-0.39, 0.29) is 16.5 Å². The standard InChI is InChI=1S/C31H22FIN2O3S/c1-38-28-19-21(18-27(33)25(28)16-20-9-8-10-22(32)15-20)17-26-29(36)34(23-11-4-2-5-12-23)31(39)35(30(26)37)24-13-6-3-7-14-24/h2-15,17-19H,16H2,1H3. The van der Waals surface area contributed by atoms with E-state index in [9.17, 15) is 14.0 Å². The summed E-state index contributed by atoms with van der Waals surface area (Å²) in [6.07, 6.45) is 2.03. The zero-order chi connectivity index (χ0) is 27.5. The van der Waals surface area contributed by atoms with Gasteiger partial charge in [0.25, 0.3) is 11.8 Å². The summed E-state index contributed by atoms with van der Waals surface area (Å²) in [5.74, 6) is -0.757. The minimum absolute atomic E-state index is 0.0351. The molecule has 0 N–H and O–H groups in total. The minimum atomic E-state index is -0.513. The molecular weight excluding hydrogens is 626 g/mol. The Labute approximate surface area is 244 Å². The molecule has 5 rings (SSSR count). The zero-order valence-electron chi connectivity index (χ0n) is 20.8. The summed E-state index contributed by atoms with van der Waals surface area (Å²) in [5.41, 5.74) is 3.39. The predicted molar refractivity (Wildman–Crippen MR) is 163 cm³/mol. The zero-order valence-corrected chi connectivity index (χ0v) is 23.8. The van der Waals surface area contributed by atoms with Crippen molar-refractivity contribution in [3.63, 3.8) is 0 Å². The molecule has 39 heavy (non-hydrogen) atoms. The third-order valence-corrected chi connectivity index (χ3v) is 7.58. The van der Waals surface area contributed by atoms with Crippen LogP contribution >= 0.6 is 34.8 Å². The van der Waals surface area contributed by atoms with E-state index >= 15 is 0 Å². The Balaban J connectivity index is 1.59. The number of carbonyl (C=O) groups excluding carboxylic acids is 2. The summed E-state index contributed by atoms with van der Waals surface area (Å²) >= 11 is 7.86. The predicted octanol–water partition coefficient (Wildman–Crippen LogP) is 6.78. The number of halogens is 2. The molecule has 0 saturated carbocycles. The summed E-state index contributed by atoms with van der Waals surface area (Å²) in [6, 6.07) is 28.1. The molecule has 194 valence electrons. The summed E-state index contributed by atoms with van der Waals surface area (Å²) < 4.78 is 20.3. The topological polar surface area (TPSA) is 49.9 Å². The van der Waals surface area contributed by atoms with Gasteiger partial charge in [0, 0.05) is 15.6 Å². The highest BCUT2D eigenvalue weighted by molar-refractivity contribution is 14.1. The number of methoxy groups -OCH3 is 1. The van der Waals surface area contributed by atoms with Crippen molar-refractivity contribution in [1.29, 1.82) is 0 Å². The lowest BCUT2D eigenvalue weighted by atomic mass is 10.00. The maximum atomic E-state index is 13.8. The minimum Gasteiger partial charge on any atom is -0.496 e. The number of anilines is 2. The van der Waals surface area contributed by atoms with Gasteiger partial charge in [-0.15, -0.1) is 0 Å². The van der Waals surface area contributed by atoms with E-state index in [2.05, 4.69) is 22.6 Å². The molecule has 0 aliphatic carbocycles. The molecule has 0 unspecified atom stereocenters. The molecule has 1 fully saturated rings. The third kappa shape index (κ3) is 5.48. The average molecular weight is 648 g/mol. The largest absolute Gasteiger partial charge is 0.496 e. The van der Waals surface area contributed by atoms with Gasteiger partial charge in [0.1, 0.15) is 17.1 Å². The second-order valence-corrected chi connectivity index (χ2v) is 10.3. The van der Waals surface area contributed by atoms with Gasteiger partial charge >= 0.3 is 0 Å². The number of ether oxygens (including phenoxy) is 1. The van der Waals surface area contributed by atoms with Crippen LogP contribution in [0.5, 0.6) is 5.75 Å². The van der Waals surface area contributed by atoms with Crippen molar-refractivity contribution < 1.29 is 18.7 Å².